The van der Waals surface area contributed by atoms with E-state index in [4.69, 9.17) is 11.6 Å². The van der Waals surface area contributed by atoms with Crippen molar-refractivity contribution in [2.75, 3.05) is 0 Å². The van der Waals surface area contributed by atoms with Gasteiger partial charge in [0, 0.05) is 11.6 Å². The number of hydrogen-bond donors (Lipinski definition) is 2. The van der Waals surface area contributed by atoms with Crippen LogP contribution < -0.4 is 4.72 Å². The normalized spacial score (nSPS) is 11.8. The van der Waals surface area contributed by atoms with Crippen molar-refractivity contribution in [3.05, 3.63) is 50.7 Å². The minimum absolute atomic E-state index is 0.101. The van der Waals surface area contributed by atoms with Crippen molar-refractivity contribution in [1.82, 2.24) is 4.72 Å². The number of nitrogens with one attached hydrogen (secondary N) is 1. The van der Waals surface area contributed by atoms with Gasteiger partial charge in [-0.05, 0) is 52.6 Å². The average Bonchev–Trinajstić information content (AvgIpc) is 2.92. The van der Waals surface area contributed by atoms with Crippen LogP contribution in [0.2, 0.25) is 5.02 Å². The summed E-state index contributed by atoms with van der Waals surface area (Å²) >= 11 is 7.41. The van der Waals surface area contributed by atoms with Gasteiger partial charge in [0.05, 0.1) is 11.5 Å². The Bertz CT molecular complexity index is 697. The molecule has 0 aliphatic heterocycles. The molecular weight excluding hydrogens is 318 g/mol. The molecule has 0 saturated carbocycles. The van der Waals surface area contributed by atoms with E-state index >= 15 is 0 Å². The molecule has 2 rings (SSSR count). The third kappa shape index (κ3) is 3.39. The zero-order valence-electron chi connectivity index (χ0n) is 10.8. The highest BCUT2D eigenvalue weighted by Gasteiger charge is 2.19. The summed E-state index contributed by atoms with van der Waals surface area (Å²) in [7, 11) is -3.66. The Hall–Kier alpha value is -0.920. The maximum absolute atomic E-state index is 12.3. The van der Waals surface area contributed by atoms with Gasteiger partial charge in [-0.15, -0.1) is 0 Å². The molecule has 7 heteroatoms. The molecule has 2 N–H and O–H groups in total. The highest BCUT2D eigenvalue weighted by molar-refractivity contribution is 7.89. The quantitative estimate of drug-likeness (QED) is 0.885. The van der Waals surface area contributed by atoms with E-state index < -0.39 is 10.0 Å². The maximum Gasteiger partial charge on any atom is 0.241 e. The molecule has 0 unspecified atom stereocenters. The van der Waals surface area contributed by atoms with Crippen molar-refractivity contribution in [2.45, 2.75) is 25.0 Å². The third-order valence-electron chi connectivity index (χ3n) is 2.94. The predicted octanol–water partition coefficient (Wildman–Crippen LogP) is 2.68. The minimum atomic E-state index is -3.66. The summed E-state index contributed by atoms with van der Waals surface area (Å²) in [6.07, 6.45) is 0. The first-order valence-electron chi connectivity index (χ1n) is 5.84. The molecule has 1 aromatic heterocycles. The van der Waals surface area contributed by atoms with Gasteiger partial charge < -0.3 is 5.11 Å². The molecule has 0 bridgehead atoms. The zero-order chi connectivity index (χ0) is 14.8. The second kappa shape index (κ2) is 6.24. The van der Waals surface area contributed by atoms with E-state index in [9.17, 15) is 13.5 Å². The SMILES string of the molecule is Cc1c(CO)cc(Cl)cc1S(=O)(=O)NCc1ccsc1. The Balaban J connectivity index is 2.31. The Labute approximate surface area is 127 Å². The summed E-state index contributed by atoms with van der Waals surface area (Å²) in [6, 6.07) is 4.82. The van der Waals surface area contributed by atoms with E-state index in [2.05, 4.69) is 4.72 Å². The van der Waals surface area contributed by atoms with Gasteiger partial charge in [0.2, 0.25) is 10.0 Å². The van der Waals surface area contributed by atoms with Crippen molar-refractivity contribution in [2.24, 2.45) is 0 Å². The molecular formula is C13H14ClNO3S2. The molecule has 0 spiro atoms. The number of hydrogen-bond acceptors (Lipinski definition) is 4. The van der Waals surface area contributed by atoms with Crippen molar-refractivity contribution in [1.29, 1.82) is 0 Å². The van der Waals surface area contributed by atoms with Crippen molar-refractivity contribution in [3.8, 4) is 0 Å². The molecule has 0 radical (unpaired) electrons. The van der Waals surface area contributed by atoms with Gasteiger partial charge >= 0.3 is 0 Å². The van der Waals surface area contributed by atoms with Crippen LogP contribution in [-0.2, 0) is 23.2 Å². The lowest BCUT2D eigenvalue weighted by Crippen LogP contribution is -2.24. The summed E-state index contributed by atoms with van der Waals surface area (Å²) in [5.41, 5.74) is 1.92. The first-order valence-corrected chi connectivity index (χ1v) is 8.65. The average molecular weight is 332 g/mol. The molecule has 2 aromatic rings. The van der Waals surface area contributed by atoms with Crippen molar-refractivity contribution < 1.29 is 13.5 Å². The van der Waals surface area contributed by atoms with E-state index in [1.165, 1.54) is 17.4 Å². The summed E-state index contributed by atoms with van der Waals surface area (Å²) in [5.74, 6) is 0. The van der Waals surface area contributed by atoms with Crippen LogP contribution in [0.1, 0.15) is 16.7 Å². The maximum atomic E-state index is 12.3. The lowest BCUT2D eigenvalue weighted by molar-refractivity contribution is 0.280. The fourth-order valence-electron chi connectivity index (χ4n) is 1.80. The molecule has 0 fully saturated rings. The minimum Gasteiger partial charge on any atom is -0.392 e. The molecule has 1 aromatic carbocycles. The van der Waals surface area contributed by atoms with E-state index in [1.54, 1.807) is 13.0 Å². The fourth-order valence-corrected chi connectivity index (χ4v) is 4.10. The summed E-state index contributed by atoms with van der Waals surface area (Å²) in [5, 5.41) is 13.3. The van der Waals surface area contributed by atoms with Crippen LogP contribution in [0.3, 0.4) is 0 Å². The molecule has 108 valence electrons. The smallest absolute Gasteiger partial charge is 0.241 e. The zero-order valence-corrected chi connectivity index (χ0v) is 13.1. The van der Waals surface area contributed by atoms with Gasteiger partial charge in [-0.2, -0.15) is 11.3 Å². The van der Waals surface area contributed by atoms with Gasteiger partial charge in [0.25, 0.3) is 0 Å². The Morgan fingerprint density at radius 1 is 1.40 bits per heavy atom. The Kier molecular flexibility index (Phi) is 4.82. The molecule has 0 amide bonds. The van der Waals surface area contributed by atoms with Crippen LogP contribution in [-0.4, -0.2) is 13.5 Å². The molecule has 0 aliphatic rings. The Morgan fingerprint density at radius 3 is 2.75 bits per heavy atom. The van der Waals surface area contributed by atoms with Gasteiger partial charge in [-0.1, -0.05) is 11.6 Å². The second-order valence-corrected chi connectivity index (χ2v) is 7.25. The number of rotatable bonds is 5. The van der Waals surface area contributed by atoms with Crippen LogP contribution in [0.5, 0.6) is 0 Å². The first-order chi connectivity index (χ1) is 9.44. The number of benzene rings is 1. The van der Waals surface area contributed by atoms with E-state index in [0.717, 1.165) is 5.56 Å². The van der Waals surface area contributed by atoms with Crippen LogP contribution >= 0.6 is 22.9 Å². The molecule has 0 saturated heterocycles. The van der Waals surface area contributed by atoms with Gasteiger partial charge in [-0.3, -0.25) is 0 Å². The number of halogens is 1. The molecule has 20 heavy (non-hydrogen) atoms. The first kappa shape index (κ1) is 15.5. The van der Waals surface area contributed by atoms with Crippen molar-refractivity contribution in [3.63, 3.8) is 0 Å². The van der Waals surface area contributed by atoms with Gasteiger partial charge in [0.1, 0.15) is 0 Å². The van der Waals surface area contributed by atoms with Crippen LogP contribution in [0.15, 0.2) is 33.9 Å². The lowest BCUT2D eigenvalue weighted by atomic mass is 10.1. The largest absolute Gasteiger partial charge is 0.392 e. The van der Waals surface area contributed by atoms with Crippen LogP contribution in [0.4, 0.5) is 0 Å². The fraction of sp³-hybridized carbons (Fsp3) is 0.231. The summed E-state index contributed by atoms with van der Waals surface area (Å²) in [6.45, 7) is 1.63. The van der Waals surface area contributed by atoms with Crippen LogP contribution in [0.25, 0.3) is 0 Å². The van der Waals surface area contributed by atoms with E-state index in [-0.39, 0.29) is 23.1 Å². The lowest BCUT2D eigenvalue weighted by Gasteiger charge is -2.12. The number of aliphatic hydroxyl groups excluding tert-OH is 1. The van der Waals surface area contributed by atoms with E-state index in [1.807, 2.05) is 16.8 Å². The number of thiophene rings is 1. The molecule has 1 heterocycles. The molecule has 0 atom stereocenters. The highest BCUT2D eigenvalue weighted by atomic mass is 35.5. The standard InChI is InChI=1S/C13H14ClNO3S2/c1-9-11(7-16)4-12(14)5-13(9)20(17,18)15-6-10-2-3-19-8-10/h2-5,8,15-16H,6-7H2,1H3. The summed E-state index contributed by atoms with van der Waals surface area (Å²) < 4.78 is 27.2. The van der Waals surface area contributed by atoms with Crippen LogP contribution in [0, 0.1) is 6.92 Å². The molecule has 0 aliphatic carbocycles. The van der Waals surface area contributed by atoms with Gasteiger partial charge in [-0.25, -0.2) is 13.1 Å². The van der Waals surface area contributed by atoms with Crippen molar-refractivity contribution >= 4 is 33.0 Å². The second-order valence-electron chi connectivity index (χ2n) is 4.30. The predicted molar refractivity (Wildman–Crippen MR) is 80.5 cm³/mol. The number of sulfonamides is 1. The monoisotopic (exact) mass is 331 g/mol. The number of aliphatic hydroxyl groups is 1. The Morgan fingerprint density at radius 2 is 2.15 bits per heavy atom. The summed E-state index contributed by atoms with van der Waals surface area (Å²) in [4.78, 5) is 0.101. The highest BCUT2D eigenvalue weighted by Crippen LogP contribution is 2.24. The molecule has 4 nitrogen and oxygen atoms in total. The van der Waals surface area contributed by atoms with E-state index in [0.29, 0.717) is 11.1 Å². The topological polar surface area (TPSA) is 66.4 Å². The third-order valence-corrected chi connectivity index (χ3v) is 5.42. The van der Waals surface area contributed by atoms with Gasteiger partial charge in [0.15, 0.2) is 0 Å².